The molecule has 1 aliphatic carbocycles. The third-order valence-electron chi connectivity index (χ3n) is 10.9. The zero-order valence-electron chi connectivity index (χ0n) is 28.0. The molecule has 0 bridgehead atoms. The lowest BCUT2D eigenvalue weighted by atomic mass is 9.67. The van der Waals surface area contributed by atoms with E-state index in [1.807, 2.05) is 11.3 Å². The van der Waals surface area contributed by atoms with Crippen molar-refractivity contribution in [2.75, 3.05) is 0 Å². The summed E-state index contributed by atoms with van der Waals surface area (Å²) >= 11 is 1.94. The summed E-state index contributed by atoms with van der Waals surface area (Å²) in [5, 5.41) is 2.63. The standard InChI is InChI=1S/C50H34S/c1-4-17-34(18-5-1)38-23-10-11-26-42(38)48(35-19-6-2-7-20-35)36-31-32-41-43-27-16-30-46(49(43)51-47(41)33-36)50(37-21-8-3-9-22-37)44-28-14-12-24-39(44)40-25-13-15-29-45(40)50/h1-33,48H. The Hall–Kier alpha value is -6.02. The number of thiophene rings is 1. The van der Waals surface area contributed by atoms with Crippen molar-refractivity contribution in [3.63, 3.8) is 0 Å². The third kappa shape index (κ3) is 4.59. The number of hydrogen-bond donors (Lipinski definition) is 0. The van der Waals surface area contributed by atoms with Gasteiger partial charge in [-0.25, -0.2) is 0 Å². The molecule has 1 heterocycles. The largest absolute Gasteiger partial charge is 0.135 e. The summed E-state index contributed by atoms with van der Waals surface area (Å²) in [5.41, 5.74) is 14.0. The van der Waals surface area contributed by atoms with E-state index >= 15 is 0 Å². The lowest BCUT2D eigenvalue weighted by Crippen LogP contribution is -2.28. The molecular formula is C50H34S. The molecule has 9 aromatic rings. The summed E-state index contributed by atoms with van der Waals surface area (Å²) in [4.78, 5) is 0. The van der Waals surface area contributed by atoms with Crippen molar-refractivity contribution in [1.29, 1.82) is 0 Å². The molecule has 1 aromatic heterocycles. The summed E-state index contributed by atoms with van der Waals surface area (Å²) < 4.78 is 2.66. The molecule has 0 fully saturated rings. The molecule has 1 atom stereocenters. The van der Waals surface area contributed by atoms with E-state index < -0.39 is 5.41 Å². The van der Waals surface area contributed by atoms with E-state index in [1.165, 1.54) is 81.4 Å². The van der Waals surface area contributed by atoms with Crippen molar-refractivity contribution >= 4 is 31.5 Å². The van der Waals surface area contributed by atoms with Crippen molar-refractivity contribution in [2.45, 2.75) is 11.3 Å². The first kappa shape index (κ1) is 29.9. The van der Waals surface area contributed by atoms with E-state index in [4.69, 9.17) is 0 Å². The normalized spacial score (nSPS) is 13.6. The maximum atomic E-state index is 2.47. The molecule has 0 saturated carbocycles. The zero-order valence-corrected chi connectivity index (χ0v) is 28.9. The van der Waals surface area contributed by atoms with E-state index in [0.717, 1.165) is 0 Å². The third-order valence-corrected chi connectivity index (χ3v) is 12.1. The van der Waals surface area contributed by atoms with E-state index in [1.54, 1.807) is 0 Å². The number of hydrogen-bond acceptors (Lipinski definition) is 1. The highest BCUT2D eigenvalue weighted by atomic mass is 32.1. The minimum absolute atomic E-state index is 0.0842. The van der Waals surface area contributed by atoms with Crippen LogP contribution in [-0.4, -0.2) is 0 Å². The van der Waals surface area contributed by atoms with Gasteiger partial charge in [-0.2, -0.15) is 0 Å². The summed E-state index contributed by atoms with van der Waals surface area (Å²) in [6.45, 7) is 0. The predicted molar refractivity (Wildman–Crippen MR) is 216 cm³/mol. The highest BCUT2D eigenvalue weighted by molar-refractivity contribution is 7.26. The van der Waals surface area contributed by atoms with E-state index in [0.29, 0.717) is 0 Å². The second-order valence-electron chi connectivity index (χ2n) is 13.5. The topological polar surface area (TPSA) is 0 Å². The van der Waals surface area contributed by atoms with Gasteiger partial charge in [-0.05, 0) is 67.3 Å². The Morgan fingerprint density at radius 3 is 1.67 bits per heavy atom. The molecule has 8 aromatic carbocycles. The first-order chi connectivity index (χ1) is 25.3. The van der Waals surface area contributed by atoms with Crippen LogP contribution in [0.4, 0.5) is 0 Å². The molecule has 1 aliphatic rings. The summed E-state index contributed by atoms with van der Waals surface area (Å²) in [7, 11) is 0. The minimum Gasteiger partial charge on any atom is -0.135 e. The molecular weight excluding hydrogens is 633 g/mol. The molecule has 10 rings (SSSR count). The van der Waals surface area contributed by atoms with Gasteiger partial charge in [0.1, 0.15) is 0 Å². The Bertz CT molecular complexity index is 2640. The summed E-state index contributed by atoms with van der Waals surface area (Å²) in [6.07, 6.45) is 0. The first-order valence-corrected chi connectivity index (χ1v) is 18.5. The van der Waals surface area contributed by atoms with Crippen LogP contribution in [0.2, 0.25) is 0 Å². The van der Waals surface area contributed by atoms with Crippen molar-refractivity contribution in [3.8, 4) is 22.3 Å². The monoisotopic (exact) mass is 666 g/mol. The van der Waals surface area contributed by atoms with Crippen LogP contribution < -0.4 is 0 Å². The zero-order chi connectivity index (χ0) is 33.8. The fourth-order valence-corrected chi connectivity index (χ4v) is 10.1. The molecule has 240 valence electrons. The fourth-order valence-electron chi connectivity index (χ4n) is 8.80. The number of rotatable bonds is 6. The molecule has 0 saturated heterocycles. The van der Waals surface area contributed by atoms with Crippen LogP contribution in [0.1, 0.15) is 44.9 Å². The molecule has 1 unspecified atom stereocenters. The Morgan fingerprint density at radius 2 is 0.961 bits per heavy atom. The van der Waals surface area contributed by atoms with Crippen LogP contribution in [0.15, 0.2) is 200 Å². The van der Waals surface area contributed by atoms with Crippen LogP contribution >= 0.6 is 11.3 Å². The van der Waals surface area contributed by atoms with Gasteiger partial charge in [-0.3, -0.25) is 0 Å². The van der Waals surface area contributed by atoms with Gasteiger partial charge in [0.2, 0.25) is 0 Å². The van der Waals surface area contributed by atoms with Crippen molar-refractivity contribution < 1.29 is 0 Å². The molecule has 51 heavy (non-hydrogen) atoms. The SMILES string of the molecule is c1ccc(-c2ccccc2C(c2ccccc2)c2ccc3c(c2)sc2c(C4(c5ccccc5)c5ccccc5-c5ccccc54)cccc23)cc1. The molecule has 1 heteroatoms. The first-order valence-electron chi connectivity index (χ1n) is 17.7. The van der Waals surface area contributed by atoms with Gasteiger partial charge in [0.15, 0.2) is 0 Å². The van der Waals surface area contributed by atoms with Gasteiger partial charge in [-0.15, -0.1) is 11.3 Å². The Kier molecular flexibility index (Phi) is 7.08. The van der Waals surface area contributed by atoms with Gasteiger partial charge >= 0.3 is 0 Å². The second kappa shape index (κ2) is 12.1. The van der Waals surface area contributed by atoms with Gasteiger partial charge in [0.05, 0.1) is 5.41 Å². The molecule has 0 aliphatic heterocycles. The van der Waals surface area contributed by atoms with Crippen LogP contribution in [0.5, 0.6) is 0 Å². The van der Waals surface area contributed by atoms with Crippen molar-refractivity contribution in [3.05, 3.63) is 239 Å². The average molecular weight is 667 g/mol. The van der Waals surface area contributed by atoms with E-state index in [2.05, 4.69) is 200 Å². The quantitative estimate of drug-likeness (QED) is 0.155. The Morgan fingerprint density at radius 1 is 0.392 bits per heavy atom. The lowest BCUT2D eigenvalue weighted by molar-refractivity contribution is 0.778. The van der Waals surface area contributed by atoms with E-state index in [9.17, 15) is 0 Å². The lowest BCUT2D eigenvalue weighted by Gasteiger charge is -2.34. The number of benzene rings is 8. The van der Waals surface area contributed by atoms with Gasteiger partial charge in [0, 0.05) is 26.1 Å². The molecule has 0 spiro atoms. The van der Waals surface area contributed by atoms with Crippen LogP contribution in [0, 0.1) is 0 Å². The van der Waals surface area contributed by atoms with Crippen LogP contribution in [0.3, 0.4) is 0 Å². The van der Waals surface area contributed by atoms with Crippen molar-refractivity contribution in [1.82, 2.24) is 0 Å². The van der Waals surface area contributed by atoms with Gasteiger partial charge < -0.3 is 0 Å². The van der Waals surface area contributed by atoms with Gasteiger partial charge in [0.25, 0.3) is 0 Å². The second-order valence-corrected chi connectivity index (χ2v) is 14.6. The maximum absolute atomic E-state index is 2.47. The Labute approximate surface area is 303 Å². The van der Waals surface area contributed by atoms with Crippen LogP contribution in [0.25, 0.3) is 42.4 Å². The van der Waals surface area contributed by atoms with Gasteiger partial charge in [-0.1, -0.05) is 194 Å². The average Bonchev–Trinajstić information content (AvgIpc) is 3.73. The summed E-state index contributed by atoms with van der Waals surface area (Å²) in [6, 6.07) is 74.1. The van der Waals surface area contributed by atoms with Crippen LogP contribution in [-0.2, 0) is 5.41 Å². The molecule has 0 radical (unpaired) electrons. The highest BCUT2D eigenvalue weighted by Crippen LogP contribution is 2.58. The molecule has 0 amide bonds. The maximum Gasteiger partial charge on any atom is 0.0727 e. The van der Waals surface area contributed by atoms with E-state index in [-0.39, 0.29) is 5.92 Å². The molecule has 0 N–H and O–H groups in total. The fraction of sp³-hybridized carbons (Fsp3) is 0.0400. The Balaban J connectivity index is 1.23. The minimum atomic E-state index is -0.432. The smallest absolute Gasteiger partial charge is 0.0727 e. The van der Waals surface area contributed by atoms with Crippen molar-refractivity contribution in [2.24, 2.45) is 0 Å². The molecule has 0 nitrogen and oxygen atoms in total. The number of fused-ring (bicyclic) bond motifs is 6. The summed E-state index contributed by atoms with van der Waals surface area (Å²) in [5.74, 6) is 0.0842. The highest BCUT2D eigenvalue weighted by Gasteiger charge is 2.47. The predicted octanol–water partition coefficient (Wildman–Crippen LogP) is 13.3.